The van der Waals surface area contributed by atoms with Gasteiger partial charge in [-0.3, -0.25) is 10.1 Å². The molecular formula is C13H14N2O4. The van der Waals surface area contributed by atoms with Crippen molar-refractivity contribution in [3.8, 4) is 5.75 Å². The van der Waals surface area contributed by atoms with E-state index in [0.717, 1.165) is 0 Å². The number of aromatic nitrogens is 1. The van der Waals surface area contributed by atoms with Crippen molar-refractivity contribution in [1.29, 1.82) is 0 Å². The Morgan fingerprint density at radius 1 is 1.47 bits per heavy atom. The minimum absolute atomic E-state index is 0.0565. The molecule has 1 N–H and O–H groups in total. The lowest BCUT2D eigenvalue weighted by atomic mass is 10.1. The van der Waals surface area contributed by atoms with E-state index in [0.29, 0.717) is 17.6 Å². The number of rotatable bonds is 5. The maximum Gasteiger partial charge on any atom is 0.295 e. The number of benzene rings is 1. The van der Waals surface area contributed by atoms with Crippen LogP contribution in [-0.2, 0) is 0 Å². The van der Waals surface area contributed by atoms with Crippen LogP contribution in [0.15, 0.2) is 30.5 Å². The summed E-state index contributed by atoms with van der Waals surface area (Å²) in [6.45, 7) is 2.00. The van der Waals surface area contributed by atoms with Gasteiger partial charge in [-0.25, -0.2) is 4.98 Å². The smallest absolute Gasteiger partial charge is 0.295 e. The number of pyridine rings is 1. The van der Waals surface area contributed by atoms with Crippen LogP contribution in [0.25, 0.3) is 10.9 Å². The SMILES string of the molecule is CCC(O)COc1ccc([N+](=O)[O-])c2ncccc12. The number of fused-ring (bicyclic) bond motifs is 1. The molecule has 0 saturated carbocycles. The van der Waals surface area contributed by atoms with Gasteiger partial charge in [0.25, 0.3) is 5.69 Å². The molecular weight excluding hydrogens is 248 g/mol. The van der Waals surface area contributed by atoms with Crippen LogP contribution in [0.2, 0.25) is 0 Å². The predicted octanol–water partition coefficient (Wildman–Crippen LogP) is 2.29. The number of aliphatic hydroxyl groups excluding tert-OH is 1. The van der Waals surface area contributed by atoms with E-state index in [4.69, 9.17) is 4.74 Å². The number of hydrogen-bond acceptors (Lipinski definition) is 5. The lowest BCUT2D eigenvalue weighted by molar-refractivity contribution is -0.383. The molecule has 1 unspecified atom stereocenters. The third-order valence-electron chi connectivity index (χ3n) is 2.81. The van der Waals surface area contributed by atoms with E-state index < -0.39 is 11.0 Å². The Morgan fingerprint density at radius 2 is 2.26 bits per heavy atom. The molecule has 0 aliphatic rings. The number of nitro groups is 1. The molecule has 1 atom stereocenters. The summed E-state index contributed by atoms with van der Waals surface area (Å²) < 4.78 is 5.49. The number of ether oxygens (including phenoxy) is 1. The molecule has 0 bridgehead atoms. The topological polar surface area (TPSA) is 85.5 Å². The first-order valence-electron chi connectivity index (χ1n) is 5.96. The second-order valence-electron chi connectivity index (χ2n) is 4.11. The number of nitro benzene ring substituents is 1. The second-order valence-corrected chi connectivity index (χ2v) is 4.11. The number of non-ortho nitro benzene ring substituents is 1. The normalized spacial score (nSPS) is 12.3. The summed E-state index contributed by atoms with van der Waals surface area (Å²) in [4.78, 5) is 14.5. The maximum atomic E-state index is 10.9. The number of aliphatic hydroxyl groups is 1. The molecule has 0 fully saturated rings. The van der Waals surface area contributed by atoms with E-state index in [1.807, 2.05) is 6.92 Å². The minimum atomic E-state index is -0.554. The fourth-order valence-electron chi connectivity index (χ4n) is 1.71. The van der Waals surface area contributed by atoms with Gasteiger partial charge in [-0.15, -0.1) is 0 Å². The van der Waals surface area contributed by atoms with Crippen LogP contribution >= 0.6 is 0 Å². The van der Waals surface area contributed by atoms with Crippen LogP contribution in [0.4, 0.5) is 5.69 Å². The van der Waals surface area contributed by atoms with Crippen molar-refractivity contribution in [3.05, 3.63) is 40.6 Å². The quantitative estimate of drug-likeness (QED) is 0.660. The van der Waals surface area contributed by atoms with Gasteiger partial charge in [0.15, 0.2) is 5.52 Å². The third-order valence-corrected chi connectivity index (χ3v) is 2.81. The third kappa shape index (κ3) is 2.79. The van der Waals surface area contributed by atoms with Gasteiger partial charge in [-0.1, -0.05) is 6.92 Å². The molecule has 2 aromatic rings. The summed E-state index contributed by atoms with van der Waals surface area (Å²) >= 11 is 0. The van der Waals surface area contributed by atoms with Crippen LogP contribution in [0, 0.1) is 10.1 Å². The first-order valence-corrected chi connectivity index (χ1v) is 5.96. The van der Waals surface area contributed by atoms with Gasteiger partial charge in [-0.2, -0.15) is 0 Å². The molecule has 0 spiro atoms. The predicted molar refractivity (Wildman–Crippen MR) is 70.2 cm³/mol. The summed E-state index contributed by atoms with van der Waals surface area (Å²) in [5, 5.41) is 21.0. The van der Waals surface area contributed by atoms with E-state index in [9.17, 15) is 15.2 Å². The Balaban J connectivity index is 2.41. The monoisotopic (exact) mass is 262 g/mol. The molecule has 0 amide bonds. The zero-order valence-corrected chi connectivity index (χ0v) is 10.4. The molecule has 6 nitrogen and oxygen atoms in total. The highest BCUT2D eigenvalue weighted by atomic mass is 16.6. The van der Waals surface area contributed by atoms with Crippen molar-refractivity contribution in [2.45, 2.75) is 19.4 Å². The van der Waals surface area contributed by atoms with Gasteiger partial charge in [0.05, 0.1) is 11.0 Å². The standard InChI is InChI=1S/C13H14N2O4/c1-2-9(16)8-19-12-6-5-11(15(17)18)13-10(12)4-3-7-14-13/h3-7,9,16H,2,8H2,1H3. The molecule has 19 heavy (non-hydrogen) atoms. The molecule has 0 aliphatic heterocycles. The molecule has 1 heterocycles. The first kappa shape index (κ1) is 13.2. The fourth-order valence-corrected chi connectivity index (χ4v) is 1.71. The van der Waals surface area contributed by atoms with Crippen LogP contribution < -0.4 is 4.74 Å². The highest BCUT2D eigenvalue weighted by Crippen LogP contribution is 2.31. The highest BCUT2D eigenvalue weighted by molar-refractivity contribution is 5.91. The molecule has 100 valence electrons. The van der Waals surface area contributed by atoms with Crippen molar-refractivity contribution in [2.24, 2.45) is 0 Å². The Bertz CT molecular complexity index is 600. The van der Waals surface area contributed by atoms with E-state index >= 15 is 0 Å². The maximum absolute atomic E-state index is 10.9. The Morgan fingerprint density at radius 3 is 2.95 bits per heavy atom. The second kappa shape index (κ2) is 5.62. The molecule has 1 aromatic heterocycles. The van der Waals surface area contributed by atoms with Crippen molar-refractivity contribution in [1.82, 2.24) is 4.98 Å². The van der Waals surface area contributed by atoms with Crippen LogP contribution in [0.3, 0.4) is 0 Å². The van der Waals surface area contributed by atoms with Gasteiger partial charge >= 0.3 is 0 Å². The first-order chi connectivity index (χ1) is 9.13. The largest absolute Gasteiger partial charge is 0.490 e. The lowest BCUT2D eigenvalue weighted by Crippen LogP contribution is -2.16. The van der Waals surface area contributed by atoms with Crippen molar-refractivity contribution < 1.29 is 14.8 Å². The summed E-state index contributed by atoms with van der Waals surface area (Å²) in [6.07, 6.45) is 1.53. The zero-order valence-electron chi connectivity index (χ0n) is 10.4. The number of nitrogens with zero attached hydrogens (tertiary/aromatic N) is 2. The molecule has 0 aliphatic carbocycles. The van der Waals surface area contributed by atoms with Crippen LogP contribution in [-0.4, -0.2) is 27.7 Å². The molecule has 0 saturated heterocycles. The molecule has 0 radical (unpaired) electrons. The van der Waals surface area contributed by atoms with Crippen molar-refractivity contribution in [3.63, 3.8) is 0 Å². The minimum Gasteiger partial charge on any atom is -0.490 e. The van der Waals surface area contributed by atoms with E-state index in [-0.39, 0.29) is 17.8 Å². The average Bonchev–Trinajstić information content (AvgIpc) is 2.43. The van der Waals surface area contributed by atoms with E-state index in [2.05, 4.69) is 4.98 Å². The summed E-state index contributed by atoms with van der Waals surface area (Å²) in [5.74, 6) is 0.487. The van der Waals surface area contributed by atoms with Gasteiger partial charge in [-0.05, 0) is 24.6 Å². The Hall–Kier alpha value is -2.21. The van der Waals surface area contributed by atoms with Gasteiger partial charge < -0.3 is 9.84 Å². The van der Waals surface area contributed by atoms with E-state index in [1.165, 1.54) is 18.3 Å². The van der Waals surface area contributed by atoms with E-state index in [1.54, 1.807) is 12.1 Å². The van der Waals surface area contributed by atoms with Crippen LogP contribution in [0.1, 0.15) is 13.3 Å². The Labute approximate surface area is 109 Å². The van der Waals surface area contributed by atoms with Crippen molar-refractivity contribution in [2.75, 3.05) is 6.61 Å². The summed E-state index contributed by atoms with van der Waals surface area (Å²) in [7, 11) is 0. The van der Waals surface area contributed by atoms with Crippen LogP contribution in [0.5, 0.6) is 5.75 Å². The summed E-state index contributed by atoms with van der Waals surface area (Å²) in [5.41, 5.74) is 0.231. The average molecular weight is 262 g/mol. The zero-order chi connectivity index (χ0) is 13.8. The van der Waals surface area contributed by atoms with Gasteiger partial charge in [0.2, 0.25) is 0 Å². The fraction of sp³-hybridized carbons (Fsp3) is 0.308. The molecule has 6 heteroatoms. The lowest BCUT2D eigenvalue weighted by Gasteiger charge is -2.12. The van der Waals surface area contributed by atoms with Gasteiger partial charge in [0, 0.05) is 17.6 Å². The number of hydrogen-bond donors (Lipinski definition) is 1. The molecule has 1 aromatic carbocycles. The molecule has 2 rings (SSSR count). The van der Waals surface area contributed by atoms with Crippen molar-refractivity contribution >= 4 is 16.6 Å². The van der Waals surface area contributed by atoms with Gasteiger partial charge in [0.1, 0.15) is 12.4 Å². The highest BCUT2D eigenvalue weighted by Gasteiger charge is 2.16. The Kier molecular flexibility index (Phi) is 3.91. The summed E-state index contributed by atoms with van der Waals surface area (Å²) in [6, 6.07) is 6.30.